The first-order chi connectivity index (χ1) is 10.2. The van der Waals surface area contributed by atoms with Crippen molar-refractivity contribution in [1.82, 2.24) is 15.3 Å². The van der Waals surface area contributed by atoms with Crippen molar-refractivity contribution in [2.75, 3.05) is 0 Å². The third kappa shape index (κ3) is 3.25. The predicted octanol–water partition coefficient (Wildman–Crippen LogP) is 2.39. The molecule has 0 fully saturated rings. The minimum atomic E-state index is -0.0292. The SMILES string of the molecule is Cc1nc2cc(CC(=O)NCc3cccnc3)ccc2o1. The van der Waals surface area contributed by atoms with Crippen LogP contribution < -0.4 is 5.32 Å². The summed E-state index contributed by atoms with van der Waals surface area (Å²) in [5.74, 6) is 0.599. The highest BCUT2D eigenvalue weighted by molar-refractivity contribution is 5.81. The average molecular weight is 281 g/mol. The topological polar surface area (TPSA) is 68.0 Å². The lowest BCUT2D eigenvalue weighted by atomic mass is 10.1. The summed E-state index contributed by atoms with van der Waals surface area (Å²) in [4.78, 5) is 20.2. The fourth-order valence-corrected chi connectivity index (χ4v) is 2.15. The second-order valence-electron chi connectivity index (χ2n) is 4.85. The first-order valence-corrected chi connectivity index (χ1v) is 6.72. The highest BCUT2D eigenvalue weighted by atomic mass is 16.3. The summed E-state index contributed by atoms with van der Waals surface area (Å²) in [7, 11) is 0. The second kappa shape index (κ2) is 5.75. The Morgan fingerprint density at radius 1 is 1.29 bits per heavy atom. The van der Waals surface area contributed by atoms with Crippen molar-refractivity contribution >= 4 is 17.0 Å². The number of nitrogens with zero attached hydrogens (tertiary/aromatic N) is 2. The van der Waals surface area contributed by atoms with Gasteiger partial charge in [-0.3, -0.25) is 9.78 Å². The Morgan fingerprint density at radius 3 is 3.00 bits per heavy atom. The summed E-state index contributed by atoms with van der Waals surface area (Å²) < 4.78 is 5.41. The minimum absolute atomic E-state index is 0.0292. The molecule has 0 aliphatic rings. The molecule has 0 radical (unpaired) electrons. The van der Waals surface area contributed by atoms with Crippen molar-refractivity contribution in [2.24, 2.45) is 0 Å². The molecule has 0 atom stereocenters. The summed E-state index contributed by atoms with van der Waals surface area (Å²) in [6, 6.07) is 9.39. The van der Waals surface area contributed by atoms with E-state index in [1.165, 1.54) is 0 Å². The van der Waals surface area contributed by atoms with Crippen LogP contribution in [0.3, 0.4) is 0 Å². The number of aromatic nitrogens is 2. The summed E-state index contributed by atoms with van der Waals surface area (Å²) in [5.41, 5.74) is 3.42. The first-order valence-electron chi connectivity index (χ1n) is 6.72. The van der Waals surface area contributed by atoms with Gasteiger partial charge in [0.25, 0.3) is 0 Å². The standard InChI is InChI=1S/C16H15N3O2/c1-11-19-14-7-12(4-5-15(14)21-11)8-16(20)18-10-13-3-2-6-17-9-13/h2-7,9H,8,10H2,1H3,(H,18,20). The van der Waals surface area contributed by atoms with Crippen LogP contribution in [0.15, 0.2) is 47.1 Å². The number of amides is 1. The van der Waals surface area contributed by atoms with Gasteiger partial charge in [0.05, 0.1) is 6.42 Å². The Hall–Kier alpha value is -2.69. The van der Waals surface area contributed by atoms with E-state index < -0.39 is 0 Å². The van der Waals surface area contributed by atoms with E-state index >= 15 is 0 Å². The van der Waals surface area contributed by atoms with Crippen molar-refractivity contribution in [1.29, 1.82) is 0 Å². The Labute approximate surface area is 122 Å². The van der Waals surface area contributed by atoms with Gasteiger partial charge in [0.1, 0.15) is 5.52 Å². The maximum absolute atomic E-state index is 12.0. The number of carbonyl (C=O) groups excluding carboxylic acids is 1. The van der Waals surface area contributed by atoms with Gasteiger partial charge in [0.15, 0.2) is 11.5 Å². The number of fused-ring (bicyclic) bond motifs is 1. The molecule has 0 bridgehead atoms. The minimum Gasteiger partial charge on any atom is -0.441 e. The van der Waals surface area contributed by atoms with E-state index in [4.69, 9.17) is 4.42 Å². The number of hydrogen-bond donors (Lipinski definition) is 1. The van der Waals surface area contributed by atoms with E-state index in [0.29, 0.717) is 18.9 Å². The number of benzene rings is 1. The first kappa shape index (κ1) is 13.3. The molecular formula is C16H15N3O2. The summed E-state index contributed by atoms with van der Waals surface area (Å²) >= 11 is 0. The number of pyridine rings is 1. The van der Waals surface area contributed by atoms with E-state index in [1.54, 1.807) is 19.3 Å². The monoisotopic (exact) mass is 281 g/mol. The molecule has 0 unspecified atom stereocenters. The van der Waals surface area contributed by atoms with Gasteiger partial charge in [-0.15, -0.1) is 0 Å². The lowest BCUT2D eigenvalue weighted by Crippen LogP contribution is -2.24. The van der Waals surface area contributed by atoms with Crippen molar-refractivity contribution < 1.29 is 9.21 Å². The second-order valence-corrected chi connectivity index (χ2v) is 4.85. The van der Waals surface area contributed by atoms with Crippen LogP contribution >= 0.6 is 0 Å². The van der Waals surface area contributed by atoms with E-state index in [9.17, 15) is 4.79 Å². The van der Waals surface area contributed by atoms with E-state index in [-0.39, 0.29) is 5.91 Å². The Kier molecular flexibility index (Phi) is 3.64. The zero-order valence-electron chi connectivity index (χ0n) is 11.7. The quantitative estimate of drug-likeness (QED) is 0.797. The van der Waals surface area contributed by atoms with Crippen LogP contribution in [0, 0.1) is 6.92 Å². The molecule has 2 heterocycles. The number of carbonyl (C=O) groups is 1. The molecular weight excluding hydrogens is 266 g/mol. The molecule has 0 aliphatic carbocycles. The third-order valence-electron chi connectivity index (χ3n) is 3.14. The van der Waals surface area contributed by atoms with Crippen molar-refractivity contribution in [3.05, 3.63) is 59.7 Å². The summed E-state index contributed by atoms with van der Waals surface area (Å²) in [6.45, 7) is 2.29. The van der Waals surface area contributed by atoms with Gasteiger partial charge >= 0.3 is 0 Å². The van der Waals surface area contributed by atoms with Gasteiger partial charge in [0, 0.05) is 25.9 Å². The highest BCUT2D eigenvalue weighted by Crippen LogP contribution is 2.17. The molecule has 3 rings (SSSR count). The fourth-order valence-electron chi connectivity index (χ4n) is 2.15. The number of aryl methyl sites for hydroxylation is 1. The molecule has 0 saturated carbocycles. The molecule has 1 N–H and O–H groups in total. The van der Waals surface area contributed by atoms with Crippen LogP contribution in [0.25, 0.3) is 11.1 Å². The molecule has 5 nitrogen and oxygen atoms in total. The van der Waals surface area contributed by atoms with Crippen LogP contribution in [0.4, 0.5) is 0 Å². The van der Waals surface area contributed by atoms with Crippen LogP contribution in [-0.4, -0.2) is 15.9 Å². The molecule has 1 aromatic carbocycles. The van der Waals surface area contributed by atoms with Gasteiger partial charge < -0.3 is 9.73 Å². The molecule has 2 aromatic heterocycles. The fraction of sp³-hybridized carbons (Fsp3) is 0.188. The molecule has 5 heteroatoms. The third-order valence-corrected chi connectivity index (χ3v) is 3.14. The smallest absolute Gasteiger partial charge is 0.224 e. The molecule has 21 heavy (non-hydrogen) atoms. The molecule has 0 spiro atoms. The zero-order chi connectivity index (χ0) is 14.7. The van der Waals surface area contributed by atoms with Crippen LogP contribution in [0.5, 0.6) is 0 Å². The van der Waals surface area contributed by atoms with E-state index in [2.05, 4.69) is 15.3 Å². The summed E-state index contributed by atoms with van der Waals surface area (Å²) in [5, 5.41) is 2.88. The number of rotatable bonds is 4. The maximum atomic E-state index is 12.0. The summed E-state index contributed by atoms with van der Waals surface area (Å²) in [6.07, 6.45) is 3.77. The zero-order valence-corrected chi connectivity index (χ0v) is 11.7. The molecule has 0 saturated heterocycles. The predicted molar refractivity (Wildman–Crippen MR) is 78.5 cm³/mol. The average Bonchev–Trinajstić information content (AvgIpc) is 2.85. The molecule has 106 valence electrons. The number of hydrogen-bond acceptors (Lipinski definition) is 4. The van der Waals surface area contributed by atoms with E-state index in [1.807, 2.05) is 30.3 Å². The lowest BCUT2D eigenvalue weighted by molar-refractivity contribution is -0.120. The lowest BCUT2D eigenvalue weighted by Gasteiger charge is -2.05. The van der Waals surface area contributed by atoms with Crippen molar-refractivity contribution in [3.63, 3.8) is 0 Å². The van der Waals surface area contributed by atoms with Gasteiger partial charge in [-0.1, -0.05) is 12.1 Å². The molecule has 0 aliphatic heterocycles. The highest BCUT2D eigenvalue weighted by Gasteiger charge is 2.07. The Morgan fingerprint density at radius 2 is 2.19 bits per heavy atom. The number of oxazole rings is 1. The normalized spacial score (nSPS) is 10.7. The van der Waals surface area contributed by atoms with E-state index in [0.717, 1.165) is 22.2 Å². The van der Waals surface area contributed by atoms with Gasteiger partial charge in [-0.2, -0.15) is 0 Å². The Bertz CT molecular complexity index is 766. The molecule has 1 amide bonds. The largest absolute Gasteiger partial charge is 0.441 e. The maximum Gasteiger partial charge on any atom is 0.224 e. The van der Waals surface area contributed by atoms with Crippen LogP contribution in [0.1, 0.15) is 17.0 Å². The van der Waals surface area contributed by atoms with Gasteiger partial charge in [-0.25, -0.2) is 4.98 Å². The van der Waals surface area contributed by atoms with Crippen molar-refractivity contribution in [2.45, 2.75) is 19.9 Å². The Balaban J connectivity index is 1.63. The van der Waals surface area contributed by atoms with Gasteiger partial charge in [0.2, 0.25) is 5.91 Å². The number of nitrogens with one attached hydrogen (secondary N) is 1. The molecule has 3 aromatic rings. The van der Waals surface area contributed by atoms with Crippen molar-refractivity contribution in [3.8, 4) is 0 Å². The van der Waals surface area contributed by atoms with Crippen LogP contribution in [0.2, 0.25) is 0 Å². The van der Waals surface area contributed by atoms with Crippen LogP contribution in [-0.2, 0) is 17.8 Å². The van der Waals surface area contributed by atoms with Gasteiger partial charge in [-0.05, 0) is 29.3 Å².